The average Bonchev–Trinajstić information content (AvgIpc) is 3.33. The summed E-state index contributed by atoms with van der Waals surface area (Å²) in [6.07, 6.45) is 11.1. The van der Waals surface area contributed by atoms with Crippen LogP contribution in [-0.4, -0.2) is 48.3 Å². The van der Waals surface area contributed by atoms with E-state index in [4.69, 9.17) is 0 Å². The zero-order valence-electron chi connectivity index (χ0n) is 15.8. The molecule has 1 fully saturated rings. The first kappa shape index (κ1) is 17.7. The summed E-state index contributed by atoms with van der Waals surface area (Å²) < 4.78 is 3.86. The maximum atomic E-state index is 12.8. The molecule has 0 aliphatic carbocycles. The number of imidazole rings is 1. The molecule has 3 aromatic heterocycles. The first-order valence-electron chi connectivity index (χ1n) is 9.85. The maximum absolute atomic E-state index is 12.8. The van der Waals surface area contributed by atoms with E-state index in [1.165, 1.54) is 6.42 Å². The Morgan fingerprint density at radius 1 is 1.22 bits per heavy atom. The molecule has 1 saturated heterocycles. The minimum Gasteiger partial charge on any atom is -0.337 e. The Balaban J connectivity index is 1.31. The van der Waals surface area contributed by atoms with Crippen LogP contribution in [0, 0.1) is 5.92 Å². The molecule has 4 heterocycles. The lowest BCUT2D eigenvalue weighted by Gasteiger charge is -2.31. The summed E-state index contributed by atoms with van der Waals surface area (Å²) in [6, 6.07) is 5.78. The Kier molecular flexibility index (Phi) is 5.18. The molecule has 0 atom stereocenters. The molecule has 7 heteroatoms. The first-order chi connectivity index (χ1) is 13.2. The Hall–Kier alpha value is -2.70. The topological polar surface area (TPSA) is 68.3 Å². The first-order valence-corrected chi connectivity index (χ1v) is 9.85. The molecule has 1 amide bonds. The molecule has 142 valence electrons. The van der Waals surface area contributed by atoms with Gasteiger partial charge in [-0.15, -0.1) is 5.10 Å². The van der Waals surface area contributed by atoms with Crippen molar-refractivity contribution in [2.75, 3.05) is 13.1 Å². The number of nitrogens with zero attached hydrogens (tertiary/aromatic N) is 6. The van der Waals surface area contributed by atoms with Crippen molar-refractivity contribution in [2.24, 2.45) is 5.92 Å². The van der Waals surface area contributed by atoms with Crippen LogP contribution >= 0.6 is 0 Å². The minimum absolute atomic E-state index is 0.0276. The lowest BCUT2D eigenvalue weighted by molar-refractivity contribution is 0.0675. The Bertz CT molecular complexity index is 873. The Morgan fingerprint density at radius 3 is 2.85 bits per heavy atom. The van der Waals surface area contributed by atoms with Crippen LogP contribution in [0.15, 0.2) is 36.8 Å². The lowest BCUT2D eigenvalue weighted by atomic mass is 9.96. The smallest absolute Gasteiger partial charge is 0.274 e. The zero-order valence-corrected chi connectivity index (χ0v) is 15.8. The number of aromatic nitrogens is 5. The van der Waals surface area contributed by atoms with E-state index in [1.54, 1.807) is 0 Å². The van der Waals surface area contributed by atoms with Gasteiger partial charge in [0.15, 0.2) is 0 Å². The van der Waals surface area contributed by atoms with Gasteiger partial charge < -0.3 is 9.30 Å². The number of fused-ring (bicyclic) bond motifs is 1. The van der Waals surface area contributed by atoms with Gasteiger partial charge in [-0.25, -0.2) is 4.98 Å². The van der Waals surface area contributed by atoms with E-state index in [0.717, 1.165) is 56.7 Å². The second-order valence-electron chi connectivity index (χ2n) is 7.36. The fraction of sp³-hybridized carbons (Fsp3) is 0.500. The van der Waals surface area contributed by atoms with Gasteiger partial charge in [0.2, 0.25) is 0 Å². The monoisotopic (exact) mass is 366 g/mol. The summed E-state index contributed by atoms with van der Waals surface area (Å²) in [5.41, 5.74) is 2.41. The number of carbonyl (C=O) groups excluding carboxylic acids is 1. The van der Waals surface area contributed by atoms with E-state index in [0.29, 0.717) is 11.6 Å². The second kappa shape index (κ2) is 7.90. The van der Waals surface area contributed by atoms with Gasteiger partial charge in [0.1, 0.15) is 11.3 Å². The number of piperidine rings is 1. The zero-order chi connectivity index (χ0) is 18.6. The average molecular weight is 366 g/mol. The third-order valence-corrected chi connectivity index (χ3v) is 5.30. The van der Waals surface area contributed by atoms with Crippen molar-refractivity contribution in [3.05, 3.63) is 48.2 Å². The third-order valence-electron chi connectivity index (χ3n) is 5.30. The van der Waals surface area contributed by atoms with Gasteiger partial charge in [0.25, 0.3) is 5.91 Å². The predicted octanol–water partition coefficient (Wildman–Crippen LogP) is 2.82. The van der Waals surface area contributed by atoms with Gasteiger partial charge in [-0.1, -0.05) is 24.6 Å². The van der Waals surface area contributed by atoms with Gasteiger partial charge in [-0.05, 0) is 43.7 Å². The number of hydrogen-bond acceptors (Lipinski definition) is 4. The summed E-state index contributed by atoms with van der Waals surface area (Å²) in [7, 11) is 0. The summed E-state index contributed by atoms with van der Waals surface area (Å²) in [6.45, 7) is 4.62. The Morgan fingerprint density at radius 2 is 2.07 bits per heavy atom. The van der Waals surface area contributed by atoms with Crippen molar-refractivity contribution < 1.29 is 4.79 Å². The molecule has 0 aromatic carbocycles. The van der Waals surface area contributed by atoms with Crippen LogP contribution < -0.4 is 0 Å². The molecule has 1 aliphatic rings. The van der Waals surface area contributed by atoms with E-state index in [1.807, 2.05) is 44.6 Å². The molecule has 3 aromatic rings. The van der Waals surface area contributed by atoms with E-state index < -0.39 is 0 Å². The standard InChI is InChI=1S/C20H26N6O/c1-2-3-6-17-14-26(23-22-17)13-16-8-11-24(12-9-16)20(27)18-15-25-10-5-4-7-19(25)21-18/h4-5,7,10,14-16H,2-3,6,8-9,11-13H2,1H3. The molecular weight excluding hydrogens is 340 g/mol. The van der Waals surface area contributed by atoms with Gasteiger partial charge >= 0.3 is 0 Å². The number of unbranched alkanes of at least 4 members (excludes halogenated alkanes) is 1. The quantitative estimate of drug-likeness (QED) is 0.673. The van der Waals surface area contributed by atoms with Crippen molar-refractivity contribution >= 4 is 11.6 Å². The van der Waals surface area contributed by atoms with Crippen molar-refractivity contribution in [1.82, 2.24) is 29.3 Å². The van der Waals surface area contributed by atoms with Gasteiger partial charge in [0, 0.05) is 38.2 Å². The van der Waals surface area contributed by atoms with Crippen molar-refractivity contribution in [2.45, 2.75) is 45.6 Å². The number of likely N-dealkylation sites (tertiary alicyclic amines) is 1. The highest BCUT2D eigenvalue weighted by Gasteiger charge is 2.25. The largest absolute Gasteiger partial charge is 0.337 e. The molecule has 0 bridgehead atoms. The summed E-state index contributed by atoms with van der Waals surface area (Å²) in [4.78, 5) is 19.1. The van der Waals surface area contributed by atoms with Gasteiger partial charge in [0.05, 0.1) is 5.69 Å². The van der Waals surface area contributed by atoms with Crippen LogP contribution in [0.1, 0.15) is 48.8 Å². The summed E-state index contributed by atoms with van der Waals surface area (Å²) >= 11 is 0. The van der Waals surface area contributed by atoms with Crippen LogP contribution in [0.2, 0.25) is 0 Å². The van der Waals surface area contributed by atoms with Crippen LogP contribution in [0.5, 0.6) is 0 Å². The molecule has 0 N–H and O–H groups in total. The molecule has 1 aliphatic heterocycles. The predicted molar refractivity (Wildman–Crippen MR) is 102 cm³/mol. The number of aryl methyl sites for hydroxylation is 1. The Labute approximate surface area is 159 Å². The number of carbonyl (C=O) groups is 1. The molecule has 0 saturated carbocycles. The molecule has 0 spiro atoms. The van der Waals surface area contributed by atoms with Crippen LogP contribution in [0.25, 0.3) is 5.65 Å². The normalized spacial score (nSPS) is 15.5. The van der Waals surface area contributed by atoms with E-state index in [-0.39, 0.29) is 5.91 Å². The van der Waals surface area contributed by atoms with E-state index >= 15 is 0 Å². The number of hydrogen-bond donors (Lipinski definition) is 0. The lowest BCUT2D eigenvalue weighted by Crippen LogP contribution is -2.39. The third kappa shape index (κ3) is 4.02. The molecule has 0 radical (unpaired) electrons. The highest BCUT2D eigenvalue weighted by Crippen LogP contribution is 2.21. The SMILES string of the molecule is CCCCc1cn(CC2CCN(C(=O)c3cn4ccccc4n3)CC2)nn1. The van der Waals surface area contributed by atoms with Crippen LogP contribution in [-0.2, 0) is 13.0 Å². The minimum atomic E-state index is 0.0276. The fourth-order valence-electron chi connectivity index (χ4n) is 3.68. The number of rotatable bonds is 6. The second-order valence-corrected chi connectivity index (χ2v) is 7.36. The van der Waals surface area contributed by atoms with Gasteiger partial charge in [-0.3, -0.25) is 9.48 Å². The fourth-order valence-corrected chi connectivity index (χ4v) is 3.68. The van der Waals surface area contributed by atoms with Crippen LogP contribution in [0.4, 0.5) is 0 Å². The highest BCUT2D eigenvalue weighted by atomic mass is 16.2. The molecule has 7 nitrogen and oxygen atoms in total. The van der Waals surface area contributed by atoms with E-state index in [9.17, 15) is 4.79 Å². The van der Waals surface area contributed by atoms with Gasteiger partial charge in [-0.2, -0.15) is 0 Å². The van der Waals surface area contributed by atoms with E-state index in [2.05, 4.69) is 28.4 Å². The summed E-state index contributed by atoms with van der Waals surface area (Å²) in [5.74, 6) is 0.565. The van der Waals surface area contributed by atoms with Crippen LogP contribution in [0.3, 0.4) is 0 Å². The molecular formula is C20H26N6O. The molecule has 27 heavy (non-hydrogen) atoms. The van der Waals surface area contributed by atoms with Crippen molar-refractivity contribution in [1.29, 1.82) is 0 Å². The highest BCUT2D eigenvalue weighted by molar-refractivity contribution is 5.93. The van der Waals surface area contributed by atoms with Crippen molar-refractivity contribution in [3.8, 4) is 0 Å². The summed E-state index contributed by atoms with van der Waals surface area (Å²) in [5, 5.41) is 8.52. The molecule has 4 rings (SSSR count). The maximum Gasteiger partial charge on any atom is 0.274 e. The molecule has 0 unspecified atom stereocenters. The van der Waals surface area contributed by atoms with Crippen molar-refractivity contribution in [3.63, 3.8) is 0 Å². The number of amides is 1. The number of pyridine rings is 1.